The first-order chi connectivity index (χ1) is 19.6. The fraction of sp³-hybridized carbons (Fsp3) is 0.308. The van der Waals surface area contributed by atoms with Crippen molar-refractivity contribution in [3.8, 4) is 0 Å². The Bertz CT molecular complexity index is 1400. The van der Waals surface area contributed by atoms with Crippen molar-refractivity contribution in [2.24, 2.45) is 0 Å². The van der Waals surface area contributed by atoms with E-state index in [4.69, 9.17) is 9.47 Å². The number of carbonyl (C=O) groups is 3. The van der Waals surface area contributed by atoms with E-state index >= 15 is 0 Å². The Morgan fingerprint density at radius 3 is 2.24 bits per heavy atom. The molecule has 1 unspecified atom stereocenters. The molecule has 1 atom stereocenters. The van der Waals surface area contributed by atoms with Crippen molar-refractivity contribution < 1.29 is 38.7 Å². The van der Waals surface area contributed by atoms with Crippen LogP contribution in [0, 0.1) is 20.2 Å². The van der Waals surface area contributed by atoms with Crippen molar-refractivity contribution >= 4 is 35.9 Å². The van der Waals surface area contributed by atoms with Crippen LogP contribution in [0.2, 0.25) is 0 Å². The number of pyridine rings is 1. The molecule has 224 valence electrons. The van der Waals surface area contributed by atoms with E-state index in [1.165, 1.54) is 36.7 Å². The number of carbonyl (C=O) groups excluding carboxylic acids is 3. The summed E-state index contributed by atoms with van der Waals surface area (Å²) >= 11 is 0. The van der Waals surface area contributed by atoms with Crippen LogP contribution in [-0.2, 0) is 23.9 Å². The molecule has 3 rings (SSSR count). The van der Waals surface area contributed by atoms with Crippen LogP contribution in [0.4, 0.5) is 5.69 Å². The molecular weight excluding hydrogens is 578 g/mol. The largest absolute Gasteiger partial charge is 0.462 e. The van der Waals surface area contributed by atoms with Crippen LogP contribution in [0.25, 0.3) is 0 Å². The zero-order valence-electron chi connectivity index (χ0n) is 22.6. The number of esters is 2. The molecule has 0 saturated carbocycles. The molecule has 0 bridgehead atoms. The first-order valence-electron chi connectivity index (χ1n) is 12.3. The fourth-order valence-electron chi connectivity index (χ4n) is 4.11. The summed E-state index contributed by atoms with van der Waals surface area (Å²) < 4.78 is 10.7. The van der Waals surface area contributed by atoms with Gasteiger partial charge in [0.05, 0.1) is 47.3 Å². The number of nitrogens with one attached hydrogen (secondary N) is 2. The van der Waals surface area contributed by atoms with E-state index in [0.717, 1.165) is 0 Å². The molecule has 0 fully saturated rings. The molecule has 0 saturated heterocycles. The lowest BCUT2D eigenvalue weighted by molar-refractivity contribution is -0.757. The van der Waals surface area contributed by atoms with Crippen LogP contribution < -0.4 is 10.6 Å². The number of hydrogen-bond acceptors (Lipinski definition) is 12. The number of allylic oxidation sites excluding steroid dienone is 2. The molecule has 2 aromatic rings. The number of dihydropyridines is 1. The summed E-state index contributed by atoms with van der Waals surface area (Å²) in [6, 6.07) is 8.65. The van der Waals surface area contributed by atoms with Gasteiger partial charge in [-0.15, -0.1) is 22.5 Å². The molecule has 1 aromatic carbocycles. The van der Waals surface area contributed by atoms with Crippen molar-refractivity contribution in [3.05, 3.63) is 103 Å². The Labute approximate surface area is 245 Å². The second kappa shape index (κ2) is 15.7. The third-order valence-corrected chi connectivity index (χ3v) is 5.88. The maximum absolute atomic E-state index is 13.3. The molecular formula is C26H28ClN5O10. The van der Waals surface area contributed by atoms with Gasteiger partial charge in [-0.2, -0.15) is 0 Å². The van der Waals surface area contributed by atoms with Crippen molar-refractivity contribution in [2.75, 3.05) is 26.4 Å². The minimum Gasteiger partial charge on any atom is -0.462 e. The van der Waals surface area contributed by atoms with Crippen LogP contribution in [0.1, 0.15) is 42.1 Å². The van der Waals surface area contributed by atoms with Gasteiger partial charge in [0.1, 0.15) is 6.61 Å². The first kappa shape index (κ1) is 33.2. The van der Waals surface area contributed by atoms with Gasteiger partial charge in [-0.3, -0.25) is 19.9 Å². The molecule has 16 heteroatoms. The Balaban J connectivity index is 0.00000616. The quantitative estimate of drug-likeness (QED) is 0.146. The van der Waals surface area contributed by atoms with E-state index in [-0.39, 0.29) is 67.6 Å². The van der Waals surface area contributed by atoms with Crippen molar-refractivity contribution in [3.63, 3.8) is 0 Å². The van der Waals surface area contributed by atoms with Crippen molar-refractivity contribution in [1.29, 1.82) is 0 Å². The number of aromatic nitrogens is 1. The molecule has 1 aliphatic rings. The summed E-state index contributed by atoms with van der Waals surface area (Å²) in [4.78, 5) is 68.0. The number of non-ortho nitro benzene ring substituents is 1. The Kier molecular flexibility index (Phi) is 12.4. The van der Waals surface area contributed by atoms with Crippen LogP contribution in [-0.4, -0.2) is 59.2 Å². The lowest BCUT2D eigenvalue weighted by Crippen LogP contribution is -2.34. The molecule has 1 aromatic heterocycles. The minimum atomic E-state index is -1.10. The summed E-state index contributed by atoms with van der Waals surface area (Å²) in [6.45, 7) is 2.43. The first-order valence-corrected chi connectivity index (χ1v) is 12.3. The third kappa shape index (κ3) is 8.72. The van der Waals surface area contributed by atoms with Crippen molar-refractivity contribution in [1.82, 2.24) is 15.6 Å². The molecule has 42 heavy (non-hydrogen) atoms. The van der Waals surface area contributed by atoms with Gasteiger partial charge in [0.15, 0.2) is 0 Å². The Hall–Kier alpha value is -5.05. The molecule has 1 amide bonds. The number of nitro groups is 1. The third-order valence-electron chi connectivity index (χ3n) is 5.88. The zero-order chi connectivity index (χ0) is 29.9. The molecule has 0 radical (unpaired) electrons. The molecule has 0 aliphatic carbocycles. The smallest absolute Gasteiger partial charge is 0.336 e. The number of nitro benzene ring substituents is 1. The summed E-state index contributed by atoms with van der Waals surface area (Å²) in [7, 11) is 0. The van der Waals surface area contributed by atoms with E-state index in [2.05, 4.69) is 20.5 Å². The fourth-order valence-corrected chi connectivity index (χ4v) is 4.11. The van der Waals surface area contributed by atoms with Gasteiger partial charge in [-0.05, 0) is 31.5 Å². The SMILES string of the molecule is CC1=C(C(=O)OCCCO[N+](=O)[O-])C(c2cccc([N+](=O)[O-])c2)C(C(=O)OCCNC(=O)c2cccnc2)=C(C)N1.Cl. The highest BCUT2D eigenvalue weighted by atomic mass is 35.5. The summed E-state index contributed by atoms with van der Waals surface area (Å²) in [5.74, 6) is -3.17. The molecule has 1 aliphatic heterocycles. The average molecular weight is 606 g/mol. The number of benzene rings is 1. The van der Waals surface area contributed by atoms with E-state index in [1.807, 2.05) is 0 Å². The highest BCUT2D eigenvalue weighted by Crippen LogP contribution is 2.40. The number of amides is 1. The maximum Gasteiger partial charge on any atom is 0.336 e. The Morgan fingerprint density at radius 2 is 1.64 bits per heavy atom. The lowest BCUT2D eigenvalue weighted by atomic mass is 9.80. The molecule has 0 spiro atoms. The second-order valence-corrected chi connectivity index (χ2v) is 8.67. The van der Waals surface area contributed by atoms with E-state index in [0.29, 0.717) is 17.0 Å². The number of nitrogens with zero attached hydrogens (tertiary/aromatic N) is 3. The molecule has 15 nitrogen and oxygen atoms in total. The predicted molar refractivity (Wildman–Crippen MR) is 148 cm³/mol. The minimum absolute atomic E-state index is 0. The second-order valence-electron chi connectivity index (χ2n) is 8.67. The van der Waals surface area contributed by atoms with Crippen LogP contribution >= 0.6 is 12.4 Å². The standard InChI is InChI=1S/C26H27N5O10.ClH/c1-16-21(25(33)39-11-5-12-41-31(37)38)23(18-6-3-8-20(14-18)30(35)36)22(17(2)29-16)26(34)40-13-10-28-24(32)19-7-4-9-27-15-19;/h3-4,6-9,14-15,23,29H,5,10-13H2,1-2H3,(H,28,32);1H. The average Bonchev–Trinajstić information content (AvgIpc) is 2.94. The number of halogens is 1. The maximum atomic E-state index is 13.3. The van der Waals surface area contributed by atoms with Gasteiger partial charge >= 0.3 is 11.9 Å². The highest BCUT2D eigenvalue weighted by Gasteiger charge is 2.38. The van der Waals surface area contributed by atoms with Crippen molar-refractivity contribution in [2.45, 2.75) is 26.2 Å². The molecule has 2 N–H and O–H groups in total. The number of rotatable bonds is 13. The van der Waals surface area contributed by atoms with Crippen LogP contribution in [0.5, 0.6) is 0 Å². The molecule has 2 heterocycles. The monoisotopic (exact) mass is 605 g/mol. The van der Waals surface area contributed by atoms with Gasteiger partial charge in [-0.1, -0.05) is 12.1 Å². The van der Waals surface area contributed by atoms with Gasteiger partial charge in [-0.25, -0.2) is 9.59 Å². The topological polar surface area (TPSA) is 202 Å². The zero-order valence-corrected chi connectivity index (χ0v) is 23.4. The predicted octanol–water partition coefficient (Wildman–Crippen LogP) is 2.76. The van der Waals surface area contributed by atoms with E-state index in [9.17, 15) is 34.6 Å². The van der Waals surface area contributed by atoms with Crippen LogP contribution in [0.3, 0.4) is 0 Å². The number of hydrogen-bond donors (Lipinski definition) is 2. The van der Waals surface area contributed by atoms with Crippen LogP contribution in [0.15, 0.2) is 71.3 Å². The Morgan fingerprint density at radius 1 is 0.976 bits per heavy atom. The lowest BCUT2D eigenvalue weighted by Gasteiger charge is -2.30. The summed E-state index contributed by atoms with van der Waals surface area (Å²) in [5.41, 5.74) is 1.03. The van der Waals surface area contributed by atoms with Gasteiger partial charge < -0.3 is 24.9 Å². The normalized spacial score (nSPS) is 14.2. The van der Waals surface area contributed by atoms with E-state index < -0.39 is 33.8 Å². The van der Waals surface area contributed by atoms with Gasteiger partial charge in [0.2, 0.25) is 0 Å². The summed E-state index contributed by atoms with van der Waals surface area (Å²) in [5, 5.41) is 26.4. The number of ether oxygens (including phenoxy) is 2. The van der Waals surface area contributed by atoms with Gasteiger partial charge in [0, 0.05) is 42.3 Å². The van der Waals surface area contributed by atoms with Gasteiger partial charge in [0.25, 0.3) is 16.7 Å². The van der Waals surface area contributed by atoms with E-state index in [1.54, 1.807) is 26.0 Å². The highest BCUT2D eigenvalue weighted by molar-refractivity contribution is 6.00. The summed E-state index contributed by atoms with van der Waals surface area (Å²) in [6.07, 6.45) is 2.94.